The Morgan fingerprint density at radius 3 is 2.66 bits per heavy atom. The molecule has 188 valence electrons. The minimum atomic E-state index is -4.20. The quantitative estimate of drug-likeness (QED) is 0.404. The summed E-state index contributed by atoms with van der Waals surface area (Å²) in [6.07, 6.45) is 0.156. The Morgan fingerprint density at radius 2 is 2.03 bits per heavy atom. The number of nitrogens with zero attached hydrogens (tertiary/aromatic N) is 2. The van der Waals surface area contributed by atoms with Gasteiger partial charge in [0.25, 0.3) is 10.0 Å². The number of Topliss-reactive ketones (excluding diaryl/α,β-unsaturated/α-hetero) is 1. The lowest BCUT2D eigenvalue weighted by Gasteiger charge is -2.34. The molecule has 4 N–H and O–H groups in total. The van der Waals surface area contributed by atoms with Crippen LogP contribution in [-0.2, 0) is 24.8 Å². The van der Waals surface area contributed by atoms with Gasteiger partial charge < -0.3 is 10.4 Å². The zero-order valence-corrected chi connectivity index (χ0v) is 21.6. The molecule has 0 fully saturated rings. The van der Waals surface area contributed by atoms with Crippen molar-refractivity contribution in [3.63, 3.8) is 0 Å². The number of aliphatic hydroxyl groups excluding tert-OH is 1. The molecule has 14 heteroatoms. The zero-order chi connectivity index (χ0) is 25.5. The molecule has 3 heterocycles. The monoisotopic (exact) mass is 539 g/mol. The molecule has 1 aromatic heterocycles. The second-order valence-electron chi connectivity index (χ2n) is 8.58. The highest BCUT2D eigenvalue weighted by Crippen LogP contribution is 2.33. The van der Waals surface area contributed by atoms with Crippen molar-refractivity contribution >= 4 is 54.3 Å². The van der Waals surface area contributed by atoms with E-state index < -0.39 is 32.1 Å². The van der Waals surface area contributed by atoms with Gasteiger partial charge in [0, 0.05) is 12.2 Å². The van der Waals surface area contributed by atoms with Crippen LogP contribution in [0.2, 0.25) is 0 Å². The van der Waals surface area contributed by atoms with Crippen LogP contribution in [0.5, 0.6) is 0 Å². The highest BCUT2D eigenvalue weighted by Gasteiger charge is 2.39. The van der Waals surface area contributed by atoms with Crippen molar-refractivity contribution < 1.29 is 26.7 Å². The smallest absolute Gasteiger partial charge is 0.265 e. The maximum absolute atomic E-state index is 13.4. The number of hydrogen-bond donors (Lipinski definition) is 4. The molecule has 2 aromatic rings. The summed E-state index contributed by atoms with van der Waals surface area (Å²) in [5, 5.41) is 21.5. The largest absolute Gasteiger partial charge is 0.368 e. The van der Waals surface area contributed by atoms with E-state index in [9.17, 15) is 26.7 Å². The first kappa shape index (κ1) is 25.2. The molecule has 0 saturated carbocycles. The van der Waals surface area contributed by atoms with E-state index in [0.29, 0.717) is 23.8 Å². The molecule has 0 amide bonds. The van der Waals surface area contributed by atoms with Crippen LogP contribution < -0.4 is 14.8 Å². The molecule has 0 aliphatic carbocycles. The van der Waals surface area contributed by atoms with Crippen LogP contribution in [0, 0.1) is 5.92 Å². The predicted molar refractivity (Wildman–Crippen MR) is 134 cm³/mol. The standard InChI is InChI=1S/C21H25N5O6S3/c1-12(2)8-9-26-21(28)17(19(27)18(23-26)15-5-4-10-33-15)20-22-14-7-6-13(24-34(3,29)30)11-16(14)35(31,32)25-20/h4-7,10-12,21-22,24-25,28H,8-9H2,1-3H3/b20-17+. The van der Waals surface area contributed by atoms with Crippen molar-refractivity contribution in [1.29, 1.82) is 0 Å². The van der Waals surface area contributed by atoms with Crippen LogP contribution in [0.3, 0.4) is 0 Å². The number of ketones is 1. The second kappa shape index (κ2) is 9.26. The van der Waals surface area contributed by atoms with E-state index in [4.69, 9.17) is 0 Å². The Morgan fingerprint density at radius 1 is 1.29 bits per heavy atom. The molecule has 0 radical (unpaired) electrons. The van der Waals surface area contributed by atoms with Crippen LogP contribution in [0.25, 0.3) is 0 Å². The number of rotatable bonds is 6. The molecule has 2 aliphatic heterocycles. The van der Waals surface area contributed by atoms with Gasteiger partial charge in [0.15, 0.2) is 6.23 Å². The molecule has 0 spiro atoms. The van der Waals surface area contributed by atoms with E-state index in [1.165, 1.54) is 34.5 Å². The molecule has 1 unspecified atom stereocenters. The molecule has 2 aliphatic rings. The number of benzene rings is 1. The van der Waals surface area contributed by atoms with E-state index in [1.807, 2.05) is 13.8 Å². The van der Waals surface area contributed by atoms with Crippen LogP contribution >= 0.6 is 11.3 Å². The number of hydrogen-bond acceptors (Lipinski definition) is 10. The third-order valence-electron chi connectivity index (χ3n) is 5.26. The first-order valence-corrected chi connectivity index (χ1v) is 14.9. The second-order valence-corrected chi connectivity index (χ2v) is 12.9. The molecule has 1 aromatic carbocycles. The molecule has 35 heavy (non-hydrogen) atoms. The molecule has 0 saturated heterocycles. The summed E-state index contributed by atoms with van der Waals surface area (Å²) in [4.78, 5) is 13.8. The fraction of sp³-hybridized carbons (Fsp3) is 0.333. The number of thiophene rings is 1. The van der Waals surface area contributed by atoms with Crippen LogP contribution in [-0.4, -0.2) is 57.5 Å². The summed E-state index contributed by atoms with van der Waals surface area (Å²) in [5.41, 5.74) is 0.116. The topological polar surface area (TPSA) is 157 Å². The lowest BCUT2D eigenvalue weighted by atomic mass is 10.0. The van der Waals surface area contributed by atoms with Crippen molar-refractivity contribution in [2.75, 3.05) is 22.8 Å². The maximum atomic E-state index is 13.4. The van der Waals surface area contributed by atoms with E-state index in [2.05, 4.69) is 19.9 Å². The third-order valence-corrected chi connectivity index (χ3v) is 8.13. The highest BCUT2D eigenvalue weighted by atomic mass is 32.2. The molecule has 11 nitrogen and oxygen atoms in total. The summed E-state index contributed by atoms with van der Waals surface area (Å²) in [6.45, 7) is 4.39. The summed E-state index contributed by atoms with van der Waals surface area (Å²) in [6, 6.07) is 7.44. The Kier molecular flexibility index (Phi) is 6.66. The molecule has 4 rings (SSSR count). The molecular formula is C21H25N5O6S3. The van der Waals surface area contributed by atoms with Crippen LogP contribution in [0.4, 0.5) is 11.4 Å². The number of aliphatic hydroxyl groups is 1. The van der Waals surface area contributed by atoms with Gasteiger partial charge in [-0.3, -0.25) is 19.2 Å². The first-order valence-electron chi connectivity index (χ1n) is 10.6. The van der Waals surface area contributed by atoms with Gasteiger partial charge in [-0.1, -0.05) is 19.9 Å². The third kappa shape index (κ3) is 5.34. The van der Waals surface area contributed by atoms with E-state index in [1.54, 1.807) is 17.5 Å². The van der Waals surface area contributed by atoms with Gasteiger partial charge in [-0.15, -0.1) is 11.3 Å². The summed E-state index contributed by atoms with van der Waals surface area (Å²) >= 11 is 1.31. The molecule has 0 bridgehead atoms. The molecular weight excluding hydrogens is 514 g/mol. The van der Waals surface area contributed by atoms with Gasteiger partial charge in [-0.2, -0.15) is 5.10 Å². The summed E-state index contributed by atoms with van der Waals surface area (Å²) in [5.74, 6) is -0.480. The van der Waals surface area contributed by atoms with E-state index in [-0.39, 0.29) is 33.4 Å². The number of nitrogens with one attached hydrogen (secondary N) is 3. The number of fused-ring (bicyclic) bond motifs is 1. The van der Waals surface area contributed by atoms with Crippen molar-refractivity contribution in [2.24, 2.45) is 11.0 Å². The lowest BCUT2D eigenvalue weighted by molar-refractivity contribution is -0.113. The fourth-order valence-corrected chi connectivity index (χ4v) is 6.09. The van der Waals surface area contributed by atoms with Gasteiger partial charge >= 0.3 is 0 Å². The van der Waals surface area contributed by atoms with Crippen LogP contribution in [0.1, 0.15) is 25.1 Å². The van der Waals surface area contributed by atoms with Crippen molar-refractivity contribution in [3.05, 3.63) is 52.0 Å². The zero-order valence-electron chi connectivity index (χ0n) is 19.1. The first-order chi connectivity index (χ1) is 16.4. The van der Waals surface area contributed by atoms with E-state index in [0.717, 1.165) is 6.26 Å². The number of carbonyl (C=O) groups is 1. The Bertz CT molecular complexity index is 1430. The number of hydrazone groups is 1. The minimum Gasteiger partial charge on any atom is -0.368 e. The van der Waals surface area contributed by atoms with Gasteiger partial charge in [-0.25, -0.2) is 16.8 Å². The Balaban J connectivity index is 1.79. The van der Waals surface area contributed by atoms with Gasteiger partial charge in [-0.05, 0) is 42.0 Å². The Hall–Kier alpha value is -2.94. The van der Waals surface area contributed by atoms with Crippen molar-refractivity contribution in [3.8, 4) is 0 Å². The van der Waals surface area contributed by atoms with Gasteiger partial charge in [0.2, 0.25) is 15.8 Å². The van der Waals surface area contributed by atoms with Gasteiger partial charge in [0.1, 0.15) is 16.4 Å². The number of carbonyl (C=O) groups excluding carboxylic acids is 1. The van der Waals surface area contributed by atoms with Crippen molar-refractivity contribution in [2.45, 2.75) is 31.4 Å². The predicted octanol–water partition coefficient (Wildman–Crippen LogP) is 1.69. The van der Waals surface area contributed by atoms with E-state index >= 15 is 0 Å². The maximum Gasteiger partial charge on any atom is 0.265 e. The summed E-state index contributed by atoms with van der Waals surface area (Å²) in [7, 11) is -7.82. The van der Waals surface area contributed by atoms with Crippen LogP contribution in [0.15, 0.2) is 57.1 Å². The Labute approximate surface area is 207 Å². The highest BCUT2D eigenvalue weighted by molar-refractivity contribution is 7.92. The minimum absolute atomic E-state index is 0.0651. The average molecular weight is 540 g/mol. The number of anilines is 2. The van der Waals surface area contributed by atoms with Crippen molar-refractivity contribution in [1.82, 2.24) is 9.73 Å². The average Bonchev–Trinajstić information content (AvgIpc) is 3.27. The summed E-state index contributed by atoms with van der Waals surface area (Å²) < 4.78 is 53.8. The fourth-order valence-electron chi connectivity index (χ4n) is 3.60. The van der Waals surface area contributed by atoms with Gasteiger partial charge in [0.05, 0.1) is 22.4 Å². The normalized spacial score (nSPS) is 21.7. The SMILES string of the molecule is CC(C)CCN1N=C(c2cccs2)C(=O)/C(=C2/Nc3ccc(NS(C)(=O)=O)cc3S(=O)(=O)N2)C1O. The molecule has 1 atom stereocenters. The number of sulfonamides is 2. The lowest BCUT2D eigenvalue weighted by Crippen LogP contribution is -2.47.